The summed E-state index contributed by atoms with van der Waals surface area (Å²) in [5.74, 6) is 1.11. The predicted octanol–water partition coefficient (Wildman–Crippen LogP) is 4.23. The molecule has 4 rings (SSSR count). The fourth-order valence-electron chi connectivity index (χ4n) is 4.06. The third kappa shape index (κ3) is 5.06. The molecule has 0 aliphatic carbocycles. The molecule has 0 spiro atoms. The molecule has 5 nitrogen and oxygen atoms in total. The van der Waals surface area contributed by atoms with Crippen LogP contribution in [0, 0.1) is 0 Å². The van der Waals surface area contributed by atoms with E-state index in [0.717, 1.165) is 74.6 Å². The summed E-state index contributed by atoms with van der Waals surface area (Å²) in [4.78, 5) is 29.1. The number of rotatable bonds is 6. The van der Waals surface area contributed by atoms with Crippen LogP contribution in [0.1, 0.15) is 58.2 Å². The van der Waals surface area contributed by atoms with E-state index in [1.807, 2.05) is 35.2 Å². The van der Waals surface area contributed by atoms with E-state index in [0.29, 0.717) is 0 Å². The second kappa shape index (κ2) is 9.09. The van der Waals surface area contributed by atoms with E-state index < -0.39 is 0 Å². The van der Waals surface area contributed by atoms with Gasteiger partial charge in [0, 0.05) is 38.3 Å². The van der Waals surface area contributed by atoms with Gasteiger partial charge in [0.2, 0.25) is 0 Å². The molecule has 6 heteroatoms. The Morgan fingerprint density at radius 2 is 1.76 bits per heavy atom. The molecule has 0 N–H and O–H groups in total. The molecule has 0 bridgehead atoms. The number of benzene rings is 1. The highest BCUT2D eigenvalue weighted by molar-refractivity contribution is 7.12. The molecule has 2 saturated heterocycles. The Hall–Kier alpha value is -2.18. The number of ketones is 1. The van der Waals surface area contributed by atoms with Crippen molar-refractivity contribution in [1.29, 1.82) is 0 Å². The first-order valence-electron chi connectivity index (χ1n) is 10.5. The SMILES string of the molecule is CC(=O)c1cc(CN2CCC(Oc3ccc(C(=O)N4CCCC4)cc3)CC2)cs1. The zero-order chi connectivity index (χ0) is 20.2. The third-order valence-electron chi connectivity index (χ3n) is 5.74. The Morgan fingerprint density at radius 1 is 1.07 bits per heavy atom. The Bertz CT molecular complexity index is 847. The zero-order valence-electron chi connectivity index (χ0n) is 16.9. The summed E-state index contributed by atoms with van der Waals surface area (Å²) < 4.78 is 6.16. The third-order valence-corrected chi connectivity index (χ3v) is 6.82. The molecule has 0 saturated carbocycles. The van der Waals surface area contributed by atoms with Gasteiger partial charge in [-0.05, 0) is 73.9 Å². The molecule has 2 fully saturated rings. The van der Waals surface area contributed by atoms with Crippen LogP contribution >= 0.6 is 11.3 Å². The van der Waals surface area contributed by atoms with Crippen molar-refractivity contribution in [2.45, 2.75) is 45.3 Å². The van der Waals surface area contributed by atoms with Crippen molar-refractivity contribution < 1.29 is 14.3 Å². The van der Waals surface area contributed by atoms with Crippen LogP contribution in [0.5, 0.6) is 5.75 Å². The zero-order valence-corrected chi connectivity index (χ0v) is 17.7. The van der Waals surface area contributed by atoms with Gasteiger partial charge in [-0.15, -0.1) is 11.3 Å². The van der Waals surface area contributed by atoms with Crippen LogP contribution in [0.2, 0.25) is 0 Å². The van der Waals surface area contributed by atoms with Crippen LogP contribution in [-0.2, 0) is 6.54 Å². The largest absolute Gasteiger partial charge is 0.490 e. The quantitative estimate of drug-likeness (QED) is 0.666. The van der Waals surface area contributed by atoms with Crippen molar-refractivity contribution >= 4 is 23.0 Å². The predicted molar refractivity (Wildman–Crippen MR) is 115 cm³/mol. The minimum absolute atomic E-state index is 0.128. The van der Waals surface area contributed by atoms with Gasteiger partial charge in [-0.1, -0.05) is 0 Å². The molecule has 2 aliphatic heterocycles. The molecule has 2 aliphatic rings. The first-order valence-corrected chi connectivity index (χ1v) is 11.3. The number of carbonyl (C=O) groups excluding carboxylic acids is 2. The van der Waals surface area contributed by atoms with Gasteiger partial charge in [-0.2, -0.15) is 0 Å². The molecule has 2 aromatic rings. The summed E-state index contributed by atoms with van der Waals surface area (Å²) in [7, 11) is 0. The van der Waals surface area contributed by atoms with E-state index in [9.17, 15) is 9.59 Å². The summed E-state index contributed by atoms with van der Waals surface area (Å²) in [6.07, 6.45) is 4.39. The van der Waals surface area contributed by atoms with Crippen molar-refractivity contribution in [3.63, 3.8) is 0 Å². The maximum Gasteiger partial charge on any atom is 0.253 e. The van der Waals surface area contributed by atoms with E-state index in [2.05, 4.69) is 10.3 Å². The maximum absolute atomic E-state index is 12.4. The van der Waals surface area contributed by atoms with Gasteiger partial charge in [-0.3, -0.25) is 14.5 Å². The van der Waals surface area contributed by atoms with Crippen LogP contribution in [0.25, 0.3) is 0 Å². The topological polar surface area (TPSA) is 49.9 Å². The molecular formula is C23H28N2O3S. The minimum Gasteiger partial charge on any atom is -0.490 e. The summed E-state index contributed by atoms with van der Waals surface area (Å²) >= 11 is 1.53. The average Bonchev–Trinajstić information content (AvgIpc) is 3.42. The summed E-state index contributed by atoms with van der Waals surface area (Å²) in [6.45, 7) is 6.23. The van der Waals surface area contributed by atoms with Crippen molar-refractivity contribution in [2.24, 2.45) is 0 Å². The molecular weight excluding hydrogens is 384 g/mol. The second-order valence-electron chi connectivity index (χ2n) is 7.99. The molecule has 29 heavy (non-hydrogen) atoms. The molecule has 1 amide bonds. The summed E-state index contributed by atoms with van der Waals surface area (Å²) in [6, 6.07) is 9.62. The lowest BCUT2D eigenvalue weighted by atomic mass is 10.1. The highest BCUT2D eigenvalue weighted by atomic mass is 32.1. The van der Waals surface area contributed by atoms with Crippen LogP contribution in [0.15, 0.2) is 35.7 Å². The Kier molecular flexibility index (Phi) is 6.31. The minimum atomic E-state index is 0.128. The molecule has 1 aromatic carbocycles. The molecule has 0 unspecified atom stereocenters. The number of thiophene rings is 1. The first-order chi connectivity index (χ1) is 14.1. The van der Waals surface area contributed by atoms with Crippen LogP contribution in [-0.4, -0.2) is 53.8 Å². The van der Waals surface area contributed by atoms with Crippen molar-refractivity contribution in [2.75, 3.05) is 26.2 Å². The smallest absolute Gasteiger partial charge is 0.253 e. The van der Waals surface area contributed by atoms with Gasteiger partial charge in [0.05, 0.1) is 4.88 Å². The summed E-state index contributed by atoms with van der Waals surface area (Å²) in [5.41, 5.74) is 1.97. The van der Waals surface area contributed by atoms with Gasteiger partial charge < -0.3 is 9.64 Å². The number of likely N-dealkylation sites (tertiary alicyclic amines) is 2. The van der Waals surface area contributed by atoms with Crippen LogP contribution in [0.4, 0.5) is 0 Å². The van der Waals surface area contributed by atoms with Crippen LogP contribution in [0.3, 0.4) is 0 Å². The Labute approximate surface area is 176 Å². The lowest BCUT2D eigenvalue weighted by Crippen LogP contribution is -2.37. The number of piperidine rings is 1. The van der Waals surface area contributed by atoms with E-state index in [1.165, 1.54) is 16.9 Å². The standard InChI is InChI=1S/C23H28N2O3S/c1-17(26)22-14-18(16-29-22)15-24-12-8-21(9-13-24)28-20-6-4-19(5-7-20)23(27)25-10-2-3-11-25/h4-7,14,16,21H,2-3,8-13,15H2,1H3. The van der Waals surface area contributed by atoms with Crippen molar-refractivity contribution in [1.82, 2.24) is 9.80 Å². The maximum atomic E-state index is 12.4. The highest BCUT2D eigenvalue weighted by Gasteiger charge is 2.22. The Balaban J connectivity index is 1.25. The van der Waals surface area contributed by atoms with Gasteiger partial charge in [-0.25, -0.2) is 0 Å². The number of carbonyl (C=O) groups is 2. The number of ether oxygens (including phenoxy) is 1. The van der Waals surface area contributed by atoms with E-state index in [-0.39, 0.29) is 17.8 Å². The lowest BCUT2D eigenvalue weighted by molar-refractivity contribution is 0.0792. The van der Waals surface area contributed by atoms with Gasteiger partial charge in [0.15, 0.2) is 5.78 Å². The van der Waals surface area contributed by atoms with Crippen molar-refractivity contribution in [3.05, 3.63) is 51.7 Å². The number of Topliss-reactive ketones (excluding diaryl/α,β-unsaturated/α-hetero) is 1. The normalized spacial score (nSPS) is 18.2. The average molecular weight is 413 g/mol. The fraction of sp³-hybridized carbons (Fsp3) is 0.478. The van der Waals surface area contributed by atoms with E-state index in [1.54, 1.807) is 6.92 Å². The molecule has 0 radical (unpaired) electrons. The summed E-state index contributed by atoms with van der Waals surface area (Å²) in [5, 5.41) is 2.09. The van der Waals surface area contributed by atoms with E-state index >= 15 is 0 Å². The lowest BCUT2D eigenvalue weighted by Gasteiger charge is -2.32. The van der Waals surface area contributed by atoms with Gasteiger partial charge >= 0.3 is 0 Å². The first kappa shape index (κ1) is 20.1. The molecule has 154 valence electrons. The molecule has 3 heterocycles. The number of nitrogens with zero attached hydrogens (tertiary/aromatic N) is 2. The number of hydrogen-bond donors (Lipinski definition) is 0. The monoisotopic (exact) mass is 412 g/mol. The number of hydrogen-bond acceptors (Lipinski definition) is 5. The fourth-order valence-corrected chi connectivity index (χ4v) is 4.86. The number of amides is 1. The second-order valence-corrected chi connectivity index (χ2v) is 8.90. The van der Waals surface area contributed by atoms with Gasteiger partial charge in [0.25, 0.3) is 5.91 Å². The molecule has 0 atom stereocenters. The van der Waals surface area contributed by atoms with E-state index in [4.69, 9.17) is 4.74 Å². The molecule has 1 aromatic heterocycles. The van der Waals surface area contributed by atoms with Crippen LogP contribution < -0.4 is 4.74 Å². The van der Waals surface area contributed by atoms with Gasteiger partial charge in [0.1, 0.15) is 11.9 Å². The highest BCUT2D eigenvalue weighted by Crippen LogP contribution is 2.23. The Morgan fingerprint density at radius 3 is 2.38 bits per heavy atom. The van der Waals surface area contributed by atoms with Crippen molar-refractivity contribution in [3.8, 4) is 5.75 Å².